The summed E-state index contributed by atoms with van der Waals surface area (Å²) in [5, 5.41) is 3.49. The van der Waals surface area contributed by atoms with Crippen LogP contribution in [0.2, 0.25) is 0 Å². The van der Waals surface area contributed by atoms with E-state index >= 15 is 0 Å². The Bertz CT molecular complexity index is 625. The van der Waals surface area contributed by atoms with Gasteiger partial charge in [-0.25, -0.2) is 4.98 Å². The molecule has 3 rings (SSSR count). The number of ether oxygens (including phenoxy) is 1. The minimum atomic E-state index is 0.340. The number of aryl methyl sites for hydroxylation is 1. The average molecular weight is 314 g/mol. The fourth-order valence-electron chi connectivity index (χ4n) is 3.02. The average Bonchev–Trinajstić information content (AvgIpc) is 2.93. The molecule has 1 aromatic heterocycles. The van der Waals surface area contributed by atoms with E-state index in [0.717, 1.165) is 39.3 Å². The molecule has 0 aliphatic carbocycles. The summed E-state index contributed by atoms with van der Waals surface area (Å²) >= 11 is 0. The van der Waals surface area contributed by atoms with E-state index < -0.39 is 0 Å². The van der Waals surface area contributed by atoms with Gasteiger partial charge in [-0.1, -0.05) is 24.3 Å². The molecule has 5 heteroatoms. The maximum atomic E-state index is 5.61. The van der Waals surface area contributed by atoms with Crippen molar-refractivity contribution >= 4 is 0 Å². The van der Waals surface area contributed by atoms with E-state index in [9.17, 15) is 0 Å². The van der Waals surface area contributed by atoms with Crippen LogP contribution in [0, 0.1) is 0 Å². The van der Waals surface area contributed by atoms with Crippen LogP contribution in [0.4, 0.5) is 0 Å². The third-order valence-corrected chi connectivity index (χ3v) is 4.27. The van der Waals surface area contributed by atoms with E-state index in [-0.39, 0.29) is 0 Å². The minimum Gasteiger partial charge on any atom is -0.376 e. The zero-order valence-electron chi connectivity index (χ0n) is 14.0. The van der Waals surface area contributed by atoms with Crippen LogP contribution in [-0.4, -0.2) is 40.3 Å². The minimum absolute atomic E-state index is 0.340. The molecule has 0 amide bonds. The fourth-order valence-corrected chi connectivity index (χ4v) is 3.02. The lowest BCUT2D eigenvalue weighted by molar-refractivity contribution is -0.0212. The summed E-state index contributed by atoms with van der Waals surface area (Å²) in [6.45, 7) is 7.73. The normalized spacial score (nSPS) is 19.1. The maximum Gasteiger partial charge on any atom is 0.0945 e. The maximum absolute atomic E-state index is 5.61. The van der Waals surface area contributed by atoms with E-state index in [1.807, 2.05) is 24.1 Å². The second-order valence-electron chi connectivity index (χ2n) is 6.34. The highest BCUT2D eigenvalue weighted by atomic mass is 16.5. The van der Waals surface area contributed by atoms with Crippen LogP contribution in [-0.2, 0) is 31.4 Å². The molecule has 2 heterocycles. The number of rotatable bonds is 6. The van der Waals surface area contributed by atoms with Crippen molar-refractivity contribution in [2.24, 2.45) is 7.05 Å². The van der Waals surface area contributed by atoms with Gasteiger partial charge in [-0.2, -0.15) is 0 Å². The quantitative estimate of drug-likeness (QED) is 0.885. The molecule has 124 valence electrons. The van der Waals surface area contributed by atoms with E-state index in [2.05, 4.69) is 46.4 Å². The van der Waals surface area contributed by atoms with E-state index in [4.69, 9.17) is 4.74 Å². The lowest BCUT2D eigenvalue weighted by atomic mass is 10.1. The van der Waals surface area contributed by atoms with Gasteiger partial charge in [-0.15, -0.1) is 0 Å². The molecular weight excluding hydrogens is 288 g/mol. The lowest BCUT2D eigenvalue weighted by Gasteiger charge is -2.31. The monoisotopic (exact) mass is 314 g/mol. The van der Waals surface area contributed by atoms with Gasteiger partial charge in [-0.05, 0) is 18.1 Å². The first kappa shape index (κ1) is 16.2. The molecule has 23 heavy (non-hydrogen) atoms. The third-order valence-electron chi connectivity index (χ3n) is 4.27. The smallest absolute Gasteiger partial charge is 0.0945 e. The number of hydrogen-bond donors (Lipinski definition) is 1. The number of benzene rings is 1. The summed E-state index contributed by atoms with van der Waals surface area (Å²) < 4.78 is 7.65. The second kappa shape index (κ2) is 7.73. The predicted octanol–water partition coefficient (Wildman–Crippen LogP) is 1.93. The second-order valence-corrected chi connectivity index (χ2v) is 6.34. The summed E-state index contributed by atoms with van der Waals surface area (Å²) in [6, 6.07) is 8.85. The predicted molar refractivity (Wildman–Crippen MR) is 90.9 cm³/mol. The molecule has 0 bridgehead atoms. The molecular formula is C18H26N4O. The first-order chi connectivity index (χ1) is 11.2. The lowest BCUT2D eigenvalue weighted by Crippen LogP contribution is -2.40. The fraction of sp³-hybridized carbons (Fsp3) is 0.500. The summed E-state index contributed by atoms with van der Waals surface area (Å²) in [7, 11) is 2.02. The first-order valence-electron chi connectivity index (χ1n) is 8.28. The van der Waals surface area contributed by atoms with Gasteiger partial charge in [0.2, 0.25) is 0 Å². The molecule has 0 saturated carbocycles. The Morgan fingerprint density at radius 3 is 2.96 bits per heavy atom. The van der Waals surface area contributed by atoms with Gasteiger partial charge < -0.3 is 14.6 Å². The summed E-state index contributed by atoms with van der Waals surface area (Å²) in [5.41, 5.74) is 3.90. The molecule has 1 aliphatic heterocycles. The van der Waals surface area contributed by atoms with E-state index in [1.165, 1.54) is 16.8 Å². The topological polar surface area (TPSA) is 42.3 Å². The van der Waals surface area contributed by atoms with Crippen molar-refractivity contribution in [3.8, 4) is 0 Å². The Hall–Kier alpha value is -1.69. The van der Waals surface area contributed by atoms with Gasteiger partial charge in [0.15, 0.2) is 0 Å². The zero-order valence-corrected chi connectivity index (χ0v) is 14.0. The van der Waals surface area contributed by atoms with Gasteiger partial charge in [0.25, 0.3) is 0 Å². The number of morpholine rings is 1. The summed E-state index contributed by atoms with van der Waals surface area (Å²) in [4.78, 5) is 6.61. The summed E-state index contributed by atoms with van der Waals surface area (Å²) in [5.74, 6) is 0. The molecule has 1 atom stereocenters. The Morgan fingerprint density at radius 1 is 1.30 bits per heavy atom. The largest absolute Gasteiger partial charge is 0.376 e. The van der Waals surface area contributed by atoms with Gasteiger partial charge in [0.1, 0.15) is 0 Å². The van der Waals surface area contributed by atoms with E-state index in [1.54, 1.807) is 0 Å². The van der Waals surface area contributed by atoms with Crippen LogP contribution < -0.4 is 5.32 Å². The molecule has 1 aliphatic rings. The SMILES string of the molecule is CC1CN(Cc2cccc(CNCc3cncn3C)c2)CCO1. The first-order valence-corrected chi connectivity index (χ1v) is 8.28. The highest BCUT2D eigenvalue weighted by Crippen LogP contribution is 2.12. The number of aromatic nitrogens is 2. The van der Waals surface area contributed by atoms with Gasteiger partial charge in [0.05, 0.1) is 24.7 Å². The van der Waals surface area contributed by atoms with Crippen molar-refractivity contribution in [3.05, 3.63) is 53.6 Å². The van der Waals surface area contributed by atoms with Crippen LogP contribution in [0.15, 0.2) is 36.8 Å². The van der Waals surface area contributed by atoms with Crippen molar-refractivity contribution in [1.82, 2.24) is 19.8 Å². The third kappa shape index (κ3) is 4.64. The van der Waals surface area contributed by atoms with Crippen molar-refractivity contribution in [1.29, 1.82) is 0 Å². The molecule has 0 spiro atoms. The van der Waals surface area contributed by atoms with Crippen molar-refractivity contribution in [2.45, 2.75) is 32.7 Å². The molecule has 5 nitrogen and oxygen atoms in total. The number of nitrogens with zero attached hydrogens (tertiary/aromatic N) is 3. The van der Waals surface area contributed by atoms with Crippen molar-refractivity contribution in [2.75, 3.05) is 19.7 Å². The highest BCUT2D eigenvalue weighted by Gasteiger charge is 2.16. The van der Waals surface area contributed by atoms with Crippen LogP contribution in [0.25, 0.3) is 0 Å². The van der Waals surface area contributed by atoms with Gasteiger partial charge in [-0.3, -0.25) is 4.90 Å². The number of imidazole rings is 1. The number of hydrogen-bond acceptors (Lipinski definition) is 4. The summed E-state index contributed by atoms with van der Waals surface area (Å²) in [6.07, 6.45) is 4.08. The Balaban J connectivity index is 1.51. The van der Waals surface area contributed by atoms with Gasteiger partial charge >= 0.3 is 0 Å². The van der Waals surface area contributed by atoms with Crippen molar-refractivity contribution < 1.29 is 4.74 Å². The molecule has 1 aromatic carbocycles. The van der Waals surface area contributed by atoms with Crippen LogP contribution in [0.3, 0.4) is 0 Å². The molecule has 1 fully saturated rings. The standard InChI is InChI=1S/C18H26N4O/c1-15-12-22(6-7-23-15)13-17-5-3-4-16(8-17)9-19-10-18-11-20-14-21(18)2/h3-5,8,11,14-15,19H,6-7,9-10,12-13H2,1-2H3. The van der Waals surface area contributed by atoms with Crippen molar-refractivity contribution in [3.63, 3.8) is 0 Å². The van der Waals surface area contributed by atoms with Gasteiger partial charge in [0, 0.05) is 46.0 Å². The number of nitrogens with one attached hydrogen (secondary N) is 1. The molecule has 1 N–H and O–H groups in total. The van der Waals surface area contributed by atoms with Crippen LogP contribution >= 0.6 is 0 Å². The van der Waals surface area contributed by atoms with Crippen LogP contribution in [0.5, 0.6) is 0 Å². The van der Waals surface area contributed by atoms with E-state index in [0.29, 0.717) is 6.10 Å². The molecule has 1 saturated heterocycles. The Kier molecular flexibility index (Phi) is 5.43. The Labute approximate surface area is 138 Å². The highest BCUT2D eigenvalue weighted by molar-refractivity contribution is 5.23. The Morgan fingerprint density at radius 2 is 2.17 bits per heavy atom. The zero-order chi connectivity index (χ0) is 16.1. The molecule has 0 radical (unpaired) electrons. The van der Waals surface area contributed by atoms with Crippen LogP contribution in [0.1, 0.15) is 23.7 Å². The molecule has 1 unspecified atom stereocenters. The molecule has 2 aromatic rings.